The van der Waals surface area contributed by atoms with Crippen LogP contribution >= 0.6 is 11.6 Å². The zero-order valence-corrected chi connectivity index (χ0v) is 11.2. The Balaban J connectivity index is 2.15. The molecule has 0 atom stereocenters. The zero-order valence-electron chi connectivity index (χ0n) is 10.4. The molecule has 2 aromatic carbocycles. The highest BCUT2D eigenvalue weighted by atomic mass is 35.5. The third-order valence-electron chi connectivity index (χ3n) is 2.77. The van der Waals surface area contributed by atoms with Crippen molar-refractivity contribution in [1.29, 1.82) is 0 Å². The molecule has 0 aromatic heterocycles. The van der Waals surface area contributed by atoms with Gasteiger partial charge in [0.25, 0.3) is 5.91 Å². The van der Waals surface area contributed by atoms with Gasteiger partial charge in [-0.3, -0.25) is 4.79 Å². The molecule has 0 N–H and O–H groups in total. The highest BCUT2D eigenvalue weighted by Crippen LogP contribution is 2.13. The minimum atomic E-state index is -0.0875. The lowest BCUT2D eigenvalue weighted by atomic mass is 10.1. The van der Waals surface area contributed by atoms with Crippen molar-refractivity contribution in [3.63, 3.8) is 0 Å². The van der Waals surface area contributed by atoms with Crippen LogP contribution in [-0.4, -0.2) is 10.8 Å². The summed E-state index contributed by atoms with van der Waals surface area (Å²) < 4.78 is 0. The van der Waals surface area contributed by atoms with Gasteiger partial charge in [0.05, 0.1) is 6.54 Å². The Morgan fingerprint density at radius 2 is 1.74 bits per heavy atom. The van der Waals surface area contributed by atoms with Crippen molar-refractivity contribution in [1.82, 2.24) is 4.90 Å². The largest absolute Gasteiger partial charge is 0.311 e. The predicted molar refractivity (Wildman–Crippen MR) is 78.0 cm³/mol. The van der Waals surface area contributed by atoms with E-state index in [-0.39, 0.29) is 5.91 Å². The monoisotopic (exact) mass is 271 g/mol. The van der Waals surface area contributed by atoms with Gasteiger partial charge in [-0.15, -0.1) is 0 Å². The van der Waals surface area contributed by atoms with E-state index in [1.54, 1.807) is 35.4 Å². The van der Waals surface area contributed by atoms with Crippen molar-refractivity contribution < 1.29 is 4.79 Å². The highest BCUT2D eigenvalue weighted by Gasteiger charge is 2.13. The summed E-state index contributed by atoms with van der Waals surface area (Å²) in [6.07, 6.45) is 1.55. The van der Waals surface area contributed by atoms with Crippen molar-refractivity contribution in [3.05, 3.63) is 83.5 Å². The molecule has 2 nitrogen and oxygen atoms in total. The normalized spacial score (nSPS) is 9.95. The second kappa shape index (κ2) is 6.21. The fraction of sp³-hybridized carbons (Fsp3) is 0.0625. The molecule has 2 rings (SSSR count). The van der Waals surface area contributed by atoms with Gasteiger partial charge in [0.1, 0.15) is 0 Å². The fourth-order valence-corrected chi connectivity index (χ4v) is 1.88. The van der Waals surface area contributed by atoms with Gasteiger partial charge in [0.2, 0.25) is 0 Å². The first-order valence-electron chi connectivity index (χ1n) is 5.93. The summed E-state index contributed by atoms with van der Waals surface area (Å²) in [6.45, 7) is 4.21. The van der Waals surface area contributed by atoms with Gasteiger partial charge >= 0.3 is 0 Å². The molecule has 0 saturated heterocycles. The molecule has 0 fully saturated rings. The molecule has 2 aromatic rings. The molecule has 0 saturated carbocycles. The Morgan fingerprint density at radius 1 is 1.11 bits per heavy atom. The van der Waals surface area contributed by atoms with Crippen LogP contribution in [0.5, 0.6) is 0 Å². The van der Waals surface area contributed by atoms with Crippen LogP contribution in [0.4, 0.5) is 0 Å². The van der Waals surface area contributed by atoms with Crippen molar-refractivity contribution in [2.45, 2.75) is 6.54 Å². The summed E-state index contributed by atoms with van der Waals surface area (Å²) >= 11 is 5.81. The second-order valence-corrected chi connectivity index (χ2v) is 4.54. The van der Waals surface area contributed by atoms with Crippen LogP contribution in [0.25, 0.3) is 0 Å². The number of rotatable bonds is 4. The molecule has 0 radical (unpaired) electrons. The first-order chi connectivity index (χ1) is 9.20. The summed E-state index contributed by atoms with van der Waals surface area (Å²) in [5, 5.41) is 0.616. The number of hydrogen-bond donors (Lipinski definition) is 0. The summed E-state index contributed by atoms with van der Waals surface area (Å²) in [7, 11) is 0. The molecule has 1 amide bonds. The minimum Gasteiger partial charge on any atom is -0.311 e. The van der Waals surface area contributed by atoms with Crippen molar-refractivity contribution in [3.8, 4) is 0 Å². The molecule has 0 spiro atoms. The topological polar surface area (TPSA) is 20.3 Å². The lowest BCUT2D eigenvalue weighted by molar-refractivity contribution is 0.0814. The van der Waals surface area contributed by atoms with E-state index in [0.717, 1.165) is 5.56 Å². The lowest BCUT2D eigenvalue weighted by Crippen LogP contribution is -2.24. The number of carbonyl (C=O) groups is 1. The van der Waals surface area contributed by atoms with Crippen molar-refractivity contribution >= 4 is 17.5 Å². The highest BCUT2D eigenvalue weighted by molar-refractivity contribution is 6.30. The second-order valence-electron chi connectivity index (χ2n) is 4.11. The molecule has 0 aliphatic carbocycles. The quantitative estimate of drug-likeness (QED) is 0.819. The van der Waals surface area contributed by atoms with E-state index < -0.39 is 0 Å². The Kier molecular flexibility index (Phi) is 4.37. The number of hydrogen-bond acceptors (Lipinski definition) is 1. The van der Waals surface area contributed by atoms with E-state index >= 15 is 0 Å². The van der Waals surface area contributed by atoms with E-state index in [2.05, 4.69) is 6.58 Å². The molecule has 0 aliphatic heterocycles. The van der Waals surface area contributed by atoms with Gasteiger partial charge < -0.3 is 4.90 Å². The van der Waals surface area contributed by atoms with Crippen molar-refractivity contribution in [2.24, 2.45) is 0 Å². The number of nitrogens with zero attached hydrogens (tertiary/aromatic N) is 1. The Morgan fingerprint density at radius 3 is 2.32 bits per heavy atom. The summed E-state index contributed by atoms with van der Waals surface area (Å²) in [5.74, 6) is -0.0875. The maximum Gasteiger partial charge on any atom is 0.258 e. The number of benzene rings is 2. The summed E-state index contributed by atoms with van der Waals surface area (Å²) in [5.41, 5.74) is 1.66. The zero-order chi connectivity index (χ0) is 13.7. The van der Waals surface area contributed by atoms with E-state index in [4.69, 9.17) is 11.6 Å². The van der Waals surface area contributed by atoms with Crippen LogP contribution in [0.1, 0.15) is 15.9 Å². The maximum atomic E-state index is 12.3. The SMILES string of the molecule is C=CN(Cc1ccccc1)C(=O)c1ccc(Cl)cc1. The molecular weight excluding hydrogens is 258 g/mol. The number of carbonyl (C=O) groups excluding carboxylic acids is 1. The number of halogens is 1. The van der Waals surface area contributed by atoms with Crippen LogP contribution in [0.3, 0.4) is 0 Å². The minimum absolute atomic E-state index is 0.0875. The van der Waals surface area contributed by atoms with Crippen LogP contribution in [0, 0.1) is 0 Å². The molecule has 0 aliphatic rings. The molecule has 3 heteroatoms. The molecule has 0 bridgehead atoms. The number of amides is 1. The van der Waals surface area contributed by atoms with Gasteiger partial charge in [-0.1, -0.05) is 48.5 Å². The van der Waals surface area contributed by atoms with Gasteiger partial charge in [0, 0.05) is 16.8 Å². The van der Waals surface area contributed by atoms with E-state index in [1.807, 2.05) is 30.3 Å². The first-order valence-corrected chi connectivity index (χ1v) is 6.31. The molecular formula is C16H14ClNO. The van der Waals surface area contributed by atoms with Crippen LogP contribution < -0.4 is 0 Å². The average molecular weight is 272 g/mol. The fourth-order valence-electron chi connectivity index (χ4n) is 1.76. The molecule has 0 unspecified atom stereocenters. The standard InChI is InChI=1S/C16H14ClNO/c1-2-18(12-13-6-4-3-5-7-13)16(19)14-8-10-15(17)11-9-14/h2-11H,1,12H2. The molecule has 96 valence electrons. The molecule has 0 heterocycles. The Labute approximate surface area is 117 Å². The van der Waals surface area contributed by atoms with Crippen molar-refractivity contribution in [2.75, 3.05) is 0 Å². The Bertz CT molecular complexity index is 563. The van der Waals surface area contributed by atoms with Crippen LogP contribution in [0.2, 0.25) is 5.02 Å². The van der Waals surface area contributed by atoms with E-state index in [0.29, 0.717) is 17.1 Å². The van der Waals surface area contributed by atoms with Crippen LogP contribution in [0.15, 0.2) is 67.4 Å². The third kappa shape index (κ3) is 3.46. The summed E-state index contributed by atoms with van der Waals surface area (Å²) in [4.78, 5) is 13.9. The van der Waals surface area contributed by atoms with Crippen LogP contribution in [-0.2, 0) is 6.54 Å². The van der Waals surface area contributed by atoms with Gasteiger partial charge in [0.15, 0.2) is 0 Å². The lowest BCUT2D eigenvalue weighted by Gasteiger charge is -2.18. The van der Waals surface area contributed by atoms with Gasteiger partial charge in [-0.2, -0.15) is 0 Å². The smallest absolute Gasteiger partial charge is 0.258 e. The third-order valence-corrected chi connectivity index (χ3v) is 3.02. The van der Waals surface area contributed by atoms with E-state index in [9.17, 15) is 4.79 Å². The van der Waals surface area contributed by atoms with Gasteiger partial charge in [-0.25, -0.2) is 0 Å². The van der Waals surface area contributed by atoms with E-state index in [1.165, 1.54) is 0 Å². The molecule has 19 heavy (non-hydrogen) atoms. The predicted octanol–water partition coefficient (Wildman–Crippen LogP) is 4.13. The Hall–Kier alpha value is -2.06. The first kappa shape index (κ1) is 13.4. The van der Waals surface area contributed by atoms with Gasteiger partial charge in [-0.05, 0) is 29.8 Å². The maximum absolute atomic E-state index is 12.3. The average Bonchev–Trinajstić information content (AvgIpc) is 2.46. The summed E-state index contributed by atoms with van der Waals surface area (Å²) in [6, 6.07) is 16.6.